The predicted octanol–water partition coefficient (Wildman–Crippen LogP) is 3.48. The number of amides is 1. The molecule has 0 bridgehead atoms. The topological polar surface area (TPSA) is 89.5 Å². The molecule has 7 heteroatoms. The van der Waals surface area contributed by atoms with Gasteiger partial charge in [0.05, 0.1) is 11.3 Å². The van der Waals surface area contributed by atoms with Crippen LogP contribution < -0.4 is 5.73 Å². The van der Waals surface area contributed by atoms with E-state index in [0.29, 0.717) is 30.6 Å². The van der Waals surface area contributed by atoms with Crippen molar-refractivity contribution in [2.24, 2.45) is 0 Å². The first kappa shape index (κ1) is 18.6. The number of hydrogen-bond acceptors (Lipinski definition) is 4. The molecule has 0 aromatic heterocycles. The molecule has 0 radical (unpaired) electrons. The molecule has 0 unspecified atom stereocenters. The summed E-state index contributed by atoms with van der Waals surface area (Å²) in [6.07, 6.45) is 2.64. The lowest BCUT2D eigenvalue weighted by Crippen LogP contribution is -2.35. The molecule has 27 heavy (non-hydrogen) atoms. The zero-order valence-electron chi connectivity index (χ0n) is 14.9. The van der Waals surface area contributed by atoms with E-state index in [0.717, 1.165) is 11.1 Å². The zero-order chi connectivity index (χ0) is 19.6. The number of carbonyl (C=O) groups is 1. The molecule has 2 N–H and O–H groups in total. The Labute approximate surface area is 156 Å². The molecule has 0 atom stereocenters. The Balaban J connectivity index is 1.73. The van der Waals surface area contributed by atoms with Gasteiger partial charge in [-0.1, -0.05) is 18.2 Å². The minimum atomic E-state index is -0.482. The van der Waals surface area contributed by atoms with Crippen LogP contribution in [0, 0.1) is 22.9 Å². The fraction of sp³-hybridized carbons (Fsp3) is 0.250. The van der Waals surface area contributed by atoms with Gasteiger partial charge in [0, 0.05) is 19.2 Å². The molecule has 1 amide bonds. The van der Waals surface area contributed by atoms with E-state index in [1.165, 1.54) is 18.2 Å². The van der Waals surface area contributed by atoms with E-state index in [1.54, 1.807) is 24.0 Å². The number of anilines is 1. The van der Waals surface area contributed by atoms with Crippen LogP contribution in [0.2, 0.25) is 0 Å². The van der Waals surface area contributed by atoms with Crippen molar-refractivity contribution < 1.29 is 14.1 Å². The Kier molecular flexibility index (Phi) is 5.21. The number of hydrogen-bond donors (Lipinski definition) is 1. The van der Waals surface area contributed by atoms with Gasteiger partial charge in [0.25, 0.3) is 5.69 Å². The lowest BCUT2D eigenvalue weighted by atomic mass is 9.96. The number of benzene rings is 2. The number of halogens is 1. The van der Waals surface area contributed by atoms with Crippen molar-refractivity contribution in [3.8, 4) is 0 Å². The SMILES string of the molecule is Cc1cc(C2=CCN(C(=O)Cc3cccc(F)c3)CC2)cc([N+](=O)[O-])c1N. The molecule has 1 aliphatic heterocycles. The molecule has 2 aromatic carbocycles. The average molecular weight is 369 g/mol. The molecule has 0 aliphatic carbocycles. The van der Waals surface area contributed by atoms with Gasteiger partial charge in [-0.15, -0.1) is 0 Å². The number of nitrogens with two attached hydrogens (primary N) is 1. The number of nitrogens with zero attached hydrogens (tertiary/aromatic N) is 2. The second kappa shape index (κ2) is 7.57. The maximum absolute atomic E-state index is 13.3. The van der Waals surface area contributed by atoms with Gasteiger partial charge in [0.2, 0.25) is 5.91 Å². The van der Waals surface area contributed by atoms with E-state index in [9.17, 15) is 19.3 Å². The summed E-state index contributed by atoms with van der Waals surface area (Å²) in [7, 11) is 0. The van der Waals surface area contributed by atoms with Gasteiger partial charge in [0.15, 0.2) is 0 Å². The first-order chi connectivity index (χ1) is 12.8. The largest absolute Gasteiger partial charge is 0.393 e. The summed E-state index contributed by atoms with van der Waals surface area (Å²) < 4.78 is 13.3. The molecule has 140 valence electrons. The van der Waals surface area contributed by atoms with Crippen molar-refractivity contribution in [3.63, 3.8) is 0 Å². The summed E-state index contributed by atoms with van der Waals surface area (Å²) in [5.41, 5.74) is 8.86. The summed E-state index contributed by atoms with van der Waals surface area (Å²) in [5.74, 6) is -0.434. The highest BCUT2D eigenvalue weighted by atomic mass is 19.1. The van der Waals surface area contributed by atoms with Crippen LogP contribution >= 0.6 is 0 Å². The number of aryl methyl sites for hydroxylation is 1. The maximum atomic E-state index is 13.3. The summed E-state index contributed by atoms with van der Waals surface area (Å²) in [4.78, 5) is 24.8. The van der Waals surface area contributed by atoms with Crippen molar-refractivity contribution in [1.82, 2.24) is 4.90 Å². The lowest BCUT2D eigenvalue weighted by molar-refractivity contribution is -0.383. The monoisotopic (exact) mass is 369 g/mol. The van der Waals surface area contributed by atoms with Gasteiger partial charge in [-0.2, -0.15) is 0 Å². The molecule has 0 saturated heterocycles. The predicted molar refractivity (Wildman–Crippen MR) is 102 cm³/mol. The molecule has 0 saturated carbocycles. The van der Waals surface area contributed by atoms with Crippen molar-refractivity contribution in [1.29, 1.82) is 0 Å². The normalized spacial score (nSPS) is 14.0. The second-order valence-electron chi connectivity index (χ2n) is 6.61. The molecule has 0 spiro atoms. The van der Waals surface area contributed by atoms with Crippen LogP contribution in [0.25, 0.3) is 5.57 Å². The van der Waals surface area contributed by atoms with Crippen LogP contribution in [0.1, 0.15) is 23.1 Å². The van der Waals surface area contributed by atoms with E-state index in [2.05, 4.69) is 0 Å². The van der Waals surface area contributed by atoms with E-state index >= 15 is 0 Å². The number of nitro groups is 1. The molecule has 6 nitrogen and oxygen atoms in total. The fourth-order valence-corrected chi connectivity index (χ4v) is 3.21. The van der Waals surface area contributed by atoms with Crippen molar-refractivity contribution in [2.75, 3.05) is 18.8 Å². The van der Waals surface area contributed by atoms with Gasteiger partial charge in [-0.25, -0.2) is 4.39 Å². The summed E-state index contributed by atoms with van der Waals surface area (Å²) in [6.45, 7) is 2.67. The fourth-order valence-electron chi connectivity index (χ4n) is 3.21. The van der Waals surface area contributed by atoms with Crippen molar-refractivity contribution >= 4 is 22.9 Å². The van der Waals surface area contributed by atoms with E-state index in [1.807, 2.05) is 12.1 Å². The summed E-state index contributed by atoms with van der Waals surface area (Å²) >= 11 is 0. The Morgan fingerprint density at radius 2 is 2.11 bits per heavy atom. The highest BCUT2D eigenvalue weighted by molar-refractivity contribution is 5.81. The zero-order valence-corrected chi connectivity index (χ0v) is 14.9. The van der Waals surface area contributed by atoms with Crippen LogP contribution in [0.4, 0.5) is 15.8 Å². The number of nitrogen functional groups attached to an aromatic ring is 1. The molecule has 1 aliphatic rings. The highest BCUT2D eigenvalue weighted by Crippen LogP contribution is 2.32. The highest BCUT2D eigenvalue weighted by Gasteiger charge is 2.21. The van der Waals surface area contributed by atoms with Gasteiger partial charge in [-0.05, 0) is 53.8 Å². The van der Waals surface area contributed by atoms with Gasteiger partial charge >= 0.3 is 0 Å². The van der Waals surface area contributed by atoms with Crippen LogP contribution in [-0.4, -0.2) is 28.8 Å². The van der Waals surface area contributed by atoms with E-state index < -0.39 is 4.92 Å². The van der Waals surface area contributed by atoms with E-state index in [4.69, 9.17) is 5.73 Å². The standard InChI is InChI=1S/C20H20FN3O3/c1-13-9-16(12-18(20(13)22)24(26)27)15-5-7-23(8-6-15)19(25)11-14-3-2-4-17(21)10-14/h2-5,9-10,12H,6-8,11,22H2,1H3. The summed E-state index contributed by atoms with van der Waals surface area (Å²) in [6, 6.07) is 9.33. The minimum absolute atomic E-state index is 0.0737. The quantitative estimate of drug-likeness (QED) is 0.507. The first-order valence-corrected chi connectivity index (χ1v) is 8.61. The Hall–Kier alpha value is -3.22. The smallest absolute Gasteiger partial charge is 0.292 e. The molecular weight excluding hydrogens is 349 g/mol. The van der Waals surface area contributed by atoms with E-state index in [-0.39, 0.29) is 29.5 Å². The third-order valence-corrected chi connectivity index (χ3v) is 4.74. The van der Waals surface area contributed by atoms with Crippen LogP contribution in [-0.2, 0) is 11.2 Å². The van der Waals surface area contributed by atoms with Crippen molar-refractivity contribution in [3.05, 3.63) is 75.1 Å². The molecule has 0 fully saturated rings. The lowest BCUT2D eigenvalue weighted by Gasteiger charge is -2.27. The van der Waals surface area contributed by atoms with Gasteiger partial charge in [0.1, 0.15) is 11.5 Å². The maximum Gasteiger partial charge on any atom is 0.292 e. The molecule has 3 rings (SSSR count). The van der Waals surface area contributed by atoms with Gasteiger partial charge < -0.3 is 10.6 Å². The average Bonchev–Trinajstić information content (AvgIpc) is 2.63. The molecular formula is C20H20FN3O3. The molecule has 1 heterocycles. The number of rotatable bonds is 4. The third-order valence-electron chi connectivity index (χ3n) is 4.74. The number of nitro benzene ring substituents is 1. The Morgan fingerprint density at radius 1 is 1.33 bits per heavy atom. The minimum Gasteiger partial charge on any atom is -0.393 e. The first-order valence-electron chi connectivity index (χ1n) is 8.61. The Bertz CT molecular complexity index is 940. The summed E-state index contributed by atoms with van der Waals surface area (Å²) in [5, 5.41) is 11.2. The Morgan fingerprint density at radius 3 is 2.74 bits per heavy atom. The van der Waals surface area contributed by atoms with Crippen LogP contribution in [0.3, 0.4) is 0 Å². The van der Waals surface area contributed by atoms with Crippen molar-refractivity contribution in [2.45, 2.75) is 19.8 Å². The van der Waals surface area contributed by atoms with Gasteiger partial charge in [-0.3, -0.25) is 14.9 Å². The van der Waals surface area contributed by atoms with Crippen LogP contribution in [0.5, 0.6) is 0 Å². The third kappa shape index (κ3) is 4.13. The molecule has 2 aromatic rings. The van der Waals surface area contributed by atoms with Crippen LogP contribution in [0.15, 0.2) is 42.5 Å². The number of carbonyl (C=O) groups excluding carboxylic acids is 1. The second-order valence-corrected chi connectivity index (χ2v) is 6.61.